The first-order chi connectivity index (χ1) is 13.6. The molecule has 148 valence electrons. The molecule has 1 saturated carbocycles. The zero-order chi connectivity index (χ0) is 19.9. The molecule has 0 radical (unpaired) electrons. The van der Waals surface area contributed by atoms with Crippen molar-refractivity contribution >= 4 is 11.7 Å². The Balaban J connectivity index is 1.47. The molecule has 0 heterocycles. The molecule has 5 nitrogen and oxygen atoms in total. The molecular weight excluding hydrogens is 354 g/mol. The summed E-state index contributed by atoms with van der Waals surface area (Å²) < 4.78 is 10.9. The Labute approximate surface area is 166 Å². The minimum absolute atomic E-state index is 0.0475. The van der Waals surface area contributed by atoms with E-state index in [2.05, 4.69) is 29.6 Å². The van der Waals surface area contributed by atoms with Crippen molar-refractivity contribution in [3.63, 3.8) is 0 Å². The van der Waals surface area contributed by atoms with Gasteiger partial charge >= 0.3 is 0 Å². The second-order valence-electron chi connectivity index (χ2n) is 7.24. The summed E-state index contributed by atoms with van der Waals surface area (Å²) in [7, 11) is 1.51. The van der Waals surface area contributed by atoms with E-state index in [0.717, 1.165) is 25.7 Å². The van der Waals surface area contributed by atoms with E-state index in [0.29, 0.717) is 23.0 Å². The molecule has 28 heavy (non-hydrogen) atoms. The maximum Gasteiger partial charge on any atom is 0.258 e. The van der Waals surface area contributed by atoms with Crippen molar-refractivity contribution in [2.75, 3.05) is 13.7 Å². The lowest BCUT2D eigenvalue weighted by Crippen LogP contribution is -2.39. The molecule has 1 aliphatic rings. The van der Waals surface area contributed by atoms with Crippen LogP contribution in [0.5, 0.6) is 11.5 Å². The highest BCUT2D eigenvalue weighted by Gasteiger charge is 2.23. The van der Waals surface area contributed by atoms with Crippen LogP contribution in [0.1, 0.15) is 54.4 Å². The SMILES string of the molecule is COc1cc(C(C)=O)ccc1OCC(=O)NC1CCC(c2ccccc2)CC1. The third-order valence-corrected chi connectivity index (χ3v) is 5.29. The van der Waals surface area contributed by atoms with Crippen molar-refractivity contribution in [2.24, 2.45) is 0 Å². The normalized spacial score (nSPS) is 18.9. The highest BCUT2D eigenvalue weighted by atomic mass is 16.5. The van der Waals surface area contributed by atoms with Crippen LogP contribution in [0, 0.1) is 0 Å². The topological polar surface area (TPSA) is 64.6 Å². The number of ketones is 1. The van der Waals surface area contributed by atoms with Crippen molar-refractivity contribution in [2.45, 2.75) is 44.6 Å². The molecule has 0 bridgehead atoms. The van der Waals surface area contributed by atoms with Crippen LogP contribution in [0.2, 0.25) is 0 Å². The van der Waals surface area contributed by atoms with Gasteiger partial charge in [0.05, 0.1) is 7.11 Å². The predicted octanol–water partition coefficient (Wildman–Crippen LogP) is 4.12. The molecule has 0 aromatic heterocycles. The number of amides is 1. The maximum absolute atomic E-state index is 12.3. The fourth-order valence-electron chi connectivity index (χ4n) is 3.71. The second kappa shape index (κ2) is 9.40. The van der Waals surface area contributed by atoms with Gasteiger partial charge in [-0.25, -0.2) is 0 Å². The first-order valence-electron chi connectivity index (χ1n) is 9.73. The highest BCUT2D eigenvalue weighted by Crippen LogP contribution is 2.33. The van der Waals surface area contributed by atoms with Crippen LogP contribution in [0.3, 0.4) is 0 Å². The number of Topliss-reactive ketones (excluding diaryl/α,β-unsaturated/α-hetero) is 1. The number of methoxy groups -OCH3 is 1. The van der Waals surface area contributed by atoms with E-state index in [9.17, 15) is 9.59 Å². The molecule has 3 rings (SSSR count). The van der Waals surface area contributed by atoms with Gasteiger partial charge < -0.3 is 14.8 Å². The molecule has 0 saturated heterocycles. The van der Waals surface area contributed by atoms with Crippen molar-refractivity contribution in [1.82, 2.24) is 5.32 Å². The molecule has 0 atom stereocenters. The van der Waals surface area contributed by atoms with Crippen molar-refractivity contribution in [1.29, 1.82) is 0 Å². The van der Waals surface area contributed by atoms with Gasteiger partial charge in [-0.05, 0) is 62.3 Å². The number of rotatable bonds is 7. The van der Waals surface area contributed by atoms with E-state index in [1.807, 2.05) is 6.07 Å². The fourth-order valence-corrected chi connectivity index (χ4v) is 3.71. The summed E-state index contributed by atoms with van der Waals surface area (Å²) in [4.78, 5) is 23.7. The summed E-state index contributed by atoms with van der Waals surface area (Å²) in [5.74, 6) is 1.29. The van der Waals surface area contributed by atoms with Gasteiger partial charge in [0, 0.05) is 11.6 Å². The minimum atomic E-state index is -0.138. The minimum Gasteiger partial charge on any atom is -0.493 e. The number of ether oxygens (including phenoxy) is 2. The van der Waals surface area contributed by atoms with E-state index in [1.54, 1.807) is 18.2 Å². The molecule has 1 fully saturated rings. The highest BCUT2D eigenvalue weighted by molar-refractivity contribution is 5.94. The van der Waals surface area contributed by atoms with Gasteiger partial charge in [-0.3, -0.25) is 9.59 Å². The summed E-state index contributed by atoms with van der Waals surface area (Å²) >= 11 is 0. The predicted molar refractivity (Wildman–Crippen MR) is 108 cm³/mol. The monoisotopic (exact) mass is 381 g/mol. The van der Waals surface area contributed by atoms with Gasteiger partial charge in [0.25, 0.3) is 5.91 Å². The lowest BCUT2D eigenvalue weighted by molar-refractivity contribution is -0.124. The lowest BCUT2D eigenvalue weighted by atomic mass is 9.82. The van der Waals surface area contributed by atoms with Crippen molar-refractivity contribution < 1.29 is 19.1 Å². The van der Waals surface area contributed by atoms with Gasteiger partial charge in [0.1, 0.15) is 0 Å². The van der Waals surface area contributed by atoms with E-state index < -0.39 is 0 Å². The Kier molecular flexibility index (Phi) is 6.69. The summed E-state index contributed by atoms with van der Waals surface area (Å²) in [5.41, 5.74) is 1.93. The van der Waals surface area contributed by atoms with Gasteiger partial charge in [-0.1, -0.05) is 30.3 Å². The molecule has 0 spiro atoms. The first kappa shape index (κ1) is 19.9. The maximum atomic E-state index is 12.3. The number of benzene rings is 2. The third-order valence-electron chi connectivity index (χ3n) is 5.29. The number of carbonyl (C=O) groups excluding carboxylic acids is 2. The Hall–Kier alpha value is -2.82. The van der Waals surface area contributed by atoms with E-state index >= 15 is 0 Å². The second-order valence-corrected chi connectivity index (χ2v) is 7.24. The zero-order valence-electron chi connectivity index (χ0n) is 16.4. The van der Waals surface area contributed by atoms with E-state index in [1.165, 1.54) is 19.6 Å². The largest absolute Gasteiger partial charge is 0.493 e. The summed E-state index contributed by atoms with van der Waals surface area (Å²) in [5, 5.41) is 3.07. The molecule has 0 unspecified atom stereocenters. The van der Waals surface area contributed by atoms with Crippen LogP contribution in [0.15, 0.2) is 48.5 Å². The van der Waals surface area contributed by atoms with Crippen molar-refractivity contribution in [3.05, 3.63) is 59.7 Å². The number of nitrogens with one attached hydrogen (secondary N) is 1. The molecule has 1 amide bonds. The molecule has 0 aliphatic heterocycles. The van der Waals surface area contributed by atoms with Crippen LogP contribution in [-0.2, 0) is 4.79 Å². The van der Waals surface area contributed by atoms with Gasteiger partial charge in [0.15, 0.2) is 23.9 Å². The molecular formula is C23H27NO4. The third kappa shape index (κ3) is 5.12. The Morgan fingerprint density at radius 2 is 1.71 bits per heavy atom. The summed E-state index contributed by atoms with van der Waals surface area (Å²) in [6, 6.07) is 15.7. The number of hydrogen-bond donors (Lipinski definition) is 1. The molecule has 2 aromatic carbocycles. The Morgan fingerprint density at radius 3 is 2.36 bits per heavy atom. The number of hydrogen-bond acceptors (Lipinski definition) is 4. The van der Waals surface area contributed by atoms with Crippen molar-refractivity contribution in [3.8, 4) is 11.5 Å². The van der Waals surface area contributed by atoms with Gasteiger partial charge in [0.2, 0.25) is 0 Å². The Morgan fingerprint density at radius 1 is 1.00 bits per heavy atom. The average Bonchev–Trinajstić information content (AvgIpc) is 2.73. The fraction of sp³-hybridized carbons (Fsp3) is 0.391. The average molecular weight is 381 g/mol. The van der Waals surface area contributed by atoms with E-state index in [-0.39, 0.29) is 24.3 Å². The standard InChI is InChI=1S/C23H27NO4/c1-16(25)19-10-13-21(22(14-19)27-2)28-15-23(26)24-20-11-8-18(9-12-20)17-6-4-3-5-7-17/h3-7,10,13-14,18,20H,8-9,11-12,15H2,1-2H3,(H,24,26). The van der Waals surface area contributed by atoms with Crippen LogP contribution in [0.4, 0.5) is 0 Å². The lowest BCUT2D eigenvalue weighted by Gasteiger charge is -2.29. The smallest absolute Gasteiger partial charge is 0.258 e. The number of carbonyl (C=O) groups is 2. The molecule has 1 N–H and O–H groups in total. The molecule has 2 aromatic rings. The van der Waals surface area contributed by atoms with Crippen LogP contribution in [-0.4, -0.2) is 31.4 Å². The summed E-state index contributed by atoms with van der Waals surface area (Å²) in [6.07, 6.45) is 4.11. The van der Waals surface area contributed by atoms with Gasteiger partial charge in [-0.2, -0.15) is 0 Å². The first-order valence-corrected chi connectivity index (χ1v) is 9.73. The molecule has 5 heteroatoms. The van der Waals surface area contributed by atoms with Crippen LogP contribution in [0.25, 0.3) is 0 Å². The Bertz CT molecular complexity index is 811. The quantitative estimate of drug-likeness (QED) is 0.733. The summed E-state index contributed by atoms with van der Waals surface area (Å²) in [6.45, 7) is 1.42. The van der Waals surface area contributed by atoms with Gasteiger partial charge in [-0.15, -0.1) is 0 Å². The van der Waals surface area contributed by atoms with E-state index in [4.69, 9.17) is 9.47 Å². The van der Waals surface area contributed by atoms with Crippen LogP contribution < -0.4 is 14.8 Å². The molecule has 1 aliphatic carbocycles. The zero-order valence-corrected chi connectivity index (χ0v) is 16.4. The van der Waals surface area contributed by atoms with Crippen LogP contribution >= 0.6 is 0 Å².